The highest BCUT2D eigenvalue weighted by Gasteiger charge is 2.15. The maximum atomic E-state index is 12.5. The fourth-order valence-corrected chi connectivity index (χ4v) is 3.50. The van der Waals surface area contributed by atoms with Gasteiger partial charge in [0.15, 0.2) is 0 Å². The van der Waals surface area contributed by atoms with E-state index in [0.29, 0.717) is 24.3 Å². The Bertz CT molecular complexity index is 862. The number of hydrogen-bond donors (Lipinski definition) is 3. The van der Waals surface area contributed by atoms with E-state index in [2.05, 4.69) is 10.0 Å². The summed E-state index contributed by atoms with van der Waals surface area (Å²) in [5.74, 6) is -0.189. The lowest BCUT2D eigenvalue weighted by Gasteiger charge is -2.10. The van der Waals surface area contributed by atoms with Crippen molar-refractivity contribution >= 4 is 21.6 Å². The van der Waals surface area contributed by atoms with Gasteiger partial charge >= 0.3 is 0 Å². The van der Waals surface area contributed by atoms with Crippen LogP contribution in [0.2, 0.25) is 0 Å². The van der Waals surface area contributed by atoms with Gasteiger partial charge in [-0.25, -0.2) is 8.42 Å². The monoisotopic (exact) mass is 375 g/mol. The Kier molecular flexibility index (Phi) is 6.76. The molecule has 4 N–H and O–H groups in total. The molecule has 0 fully saturated rings. The van der Waals surface area contributed by atoms with Crippen LogP contribution in [0, 0.1) is 13.8 Å². The Labute approximate surface area is 154 Å². The average molecular weight is 375 g/mol. The standard InChI is InChI=1S/C19H25N3O3S/c1-14-5-10-18(13-15(14)2)26(24,25)22-17-8-6-16(7-9-17)19(23)21-12-4-3-11-20/h5-10,13,22H,3-4,11-12,20H2,1-2H3,(H,21,23). The number of sulfonamides is 1. The molecule has 0 saturated heterocycles. The lowest BCUT2D eigenvalue weighted by Crippen LogP contribution is -2.24. The summed E-state index contributed by atoms with van der Waals surface area (Å²) in [5, 5.41) is 2.81. The fraction of sp³-hybridized carbons (Fsp3) is 0.316. The Hall–Kier alpha value is -2.38. The molecule has 0 radical (unpaired) electrons. The molecule has 1 amide bonds. The molecule has 0 spiro atoms. The topological polar surface area (TPSA) is 101 Å². The molecule has 0 heterocycles. The largest absolute Gasteiger partial charge is 0.352 e. The normalized spacial score (nSPS) is 11.2. The van der Waals surface area contributed by atoms with Crippen molar-refractivity contribution in [3.63, 3.8) is 0 Å². The van der Waals surface area contributed by atoms with E-state index in [9.17, 15) is 13.2 Å². The Morgan fingerprint density at radius 2 is 1.69 bits per heavy atom. The summed E-state index contributed by atoms with van der Waals surface area (Å²) in [6.07, 6.45) is 1.69. The molecule has 2 rings (SSSR count). The molecule has 0 aliphatic rings. The molecule has 0 aromatic heterocycles. The lowest BCUT2D eigenvalue weighted by molar-refractivity contribution is 0.0953. The molecule has 0 aliphatic heterocycles. The Balaban J connectivity index is 2.03. The Morgan fingerprint density at radius 3 is 2.31 bits per heavy atom. The van der Waals surface area contributed by atoms with Crippen LogP contribution in [0.1, 0.15) is 34.3 Å². The molecule has 0 bridgehead atoms. The van der Waals surface area contributed by atoms with Gasteiger partial charge in [-0.3, -0.25) is 9.52 Å². The third-order valence-corrected chi connectivity index (χ3v) is 5.48. The SMILES string of the molecule is Cc1ccc(S(=O)(=O)Nc2ccc(C(=O)NCCCCN)cc2)cc1C. The van der Waals surface area contributed by atoms with Crippen molar-refractivity contribution in [1.29, 1.82) is 0 Å². The highest BCUT2D eigenvalue weighted by Crippen LogP contribution is 2.19. The van der Waals surface area contributed by atoms with Gasteiger partial charge in [0.2, 0.25) is 0 Å². The Morgan fingerprint density at radius 1 is 1.00 bits per heavy atom. The van der Waals surface area contributed by atoms with E-state index < -0.39 is 10.0 Å². The van der Waals surface area contributed by atoms with Crippen molar-refractivity contribution < 1.29 is 13.2 Å². The third kappa shape index (κ3) is 5.31. The predicted octanol–water partition coefficient (Wildman–Crippen LogP) is 2.57. The van der Waals surface area contributed by atoms with Crippen LogP contribution in [0.5, 0.6) is 0 Å². The molecule has 0 atom stereocenters. The van der Waals surface area contributed by atoms with Crippen molar-refractivity contribution in [2.75, 3.05) is 17.8 Å². The number of amides is 1. The zero-order valence-electron chi connectivity index (χ0n) is 15.1. The summed E-state index contributed by atoms with van der Waals surface area (Å²) in [6, 6.07) is 11.3. The smallest absolute Gasteiger partial charge is 0.261 e. The van der Waals surface area contributed by atoms with E-state index in [-0.39, 0.29) is 10.8 Å². The zero-order chi connectivity index (χ0) is 19.2. The fourth-order valence-electron chi connectivity index (χ4n) is 2.36. The molecule has 0 unspecified atom stereocenters. The number of nitrogens with one attached hydrogen (secondary N) is 2. The average Bonchev–Trinajstić information content (AvgIpc) is 2.61. The number of benzene rings is 2. The molecule has 2 aromatic rings. The highest BCUT2D eigenvalue weighted by atomic mass is 32.2. The van der Waals surface area contributed by atoms with Gasteiger partial charge in [-0.05, 0) is 80.8 Å². The molecule has 2 aromatic carbocycles. The summed E-state index contributed by atoms with van der Waals surface area (Å²) in [7, 11) is -3.67. The molecule has 0 saturated carbocycles. The highest BCUT2D eigenvalue weighted by molar-refractivity contribution is 7.92. The van der Waals surface area contributed by atoms with Gasteiger partial charge in [0, 0.05) is 17.8 Å². The minimum atomic E-state index is -3.67. The van der Waals surface area contributed by atoms with E-state index in [1.165, 1.54) is 0 Å². The third-order valence-electron chi connectivity index (χ3n) is 4.10. The summed E-state index contributed by atoms with van der Waals surface area (Å²) < 4.78 is 27.5. The van der Waals surface area contributed by atoms with Crippen molar-refractivity contribution in [1.82, 2.24) is 5.32 Å². The van der Waals surface area contributed by atoms with Gasteiger partial charge in [0.1, 0.15) is 0 Å². The zero-order valence-corrected chi connectivity index (χ0v) is 15.9. The van der Waals surface area contributed by atoms with Crippen molar-refractivity contribution in [3.8, 4) is 0 Å². The number of aryl methyl sites for hydroxylation is 2. The molecule has 7 heteroatoms. The van der Waals surface area contributed by atoms with Crippen LogP contribution in [-0.2, 0) is 10.0 Å². The van der Waals surface area contributed by atoms with Crippen LogP contribution < -0.4 is 15.8 Å². The van der Waals surface area contributed by atoms with E-state index in [1.54, 1.807) is 42.5 Å². The minimum Gasteiger partial charge on any atom is -0.352 e. The number of carbonyl (C=O) groups is 1. The second-order valence-electron chi connectivity index (χ2n) is 6.18. The number of anilines is 1. The quantitative estimate of drug-likeness (QED) is 0.617. The van der Waals surface area contributed by atoms with Gasteiger partial charge in [0.25, 0.3) is 15.9 Å². The molecule has 26 heavy (non-hydrogen) atoms. The summed E-state index contributed by atoms with van der Waals surface area (Å²) in [5.41, 5.74) is 8.24. The predicted molar refractivity (Wildman–Crippen MR) is 104 cm³/mol. The number of unbranched alkanes of at least 4 members (excludes halogenated alkanes) is 1. The van der Waals surface area contributed by atoms with Crippen LogP contribution >= 0.6 is 0 Å². The van der Waals surface area contributed by atoms with Crippen LogP contribution in [0.3, 0.4) is 0 Å². The first-order chi connectivity index (χ1) is 12.3. The van der Waals surface area contributed by atoms with Gasteiger partial charge in [0.05, 0.1) is 4.90 Å². The number of nitrogens with two attached hydrogens (primary N) is 1. The first-order valence-corrected chi connectivity index (χ1v) is 10.0. The maximum absolute atomic E-state index is 12.5. The molecule has 0 aliphatic carbocycles. The molecule has 140 valence electrons. The summed E-state index contributed by atoms with van der Waals surface area (Å²) in [6.45, 7) is 4.97. The molecule has 6 nitrogen and oxygen atoms in total. The van der Waals surface area contributed by atoms with E-state index in [4.69, 9.17) is 5.73 Å². The molecular weight excluding hydrogens is 350 g/mol. The first-order valence-electron chi connectivity index (χ1n) is 8.52. The van der Waals surface area contributed by atoms with E-state index in [0.717, 1.165) is 24.0 Å². The minimum absolute atomic E-state index is 0.189. The number of hydrogen-bond acceptors (Lipinski definition) is 4. The van der Waals surface area contributed by atoms with Gasteiger partial charge in [-0.1, -0.05) is 6.07 Å². The van der Waals surface area contributed by atoms with Crippen molar-refractivity contribution in [2.45, 2.75) is 31.6 Å². The number of rotatable bonds is 8. The van der Waals surface area contributed by atoms with Crippen LogP contribution in [-0.4, -0.2) is 27.4 Å². The second-order valence-corrected chi connectivity index (χ2v) is 7.86. The summed E-state index contributed by atoms with van der Waals surface area (Å²) in [4.78, 5) is 12.2. The second kappa shape index (κ2) is 8.82. The van der Waals surface area contributed by atoms with Crippen LogP contribution in [0.25, 0.3) is 0 Å². The number of carbonyl (C=O) groups excluding carboxylic acids is 1. The van der Waals surface area contributed by atoms with Crippen molar-refractivity contribution in [2.24, 2.45) is 5.73 Å². The van der Waals surface area contributed by atoms with E-state index >= 15 is 0 Å². The van der Waals surface area contributed by atoms with E-state index in [1.807, 2.05) is 13.8 Å². The van der Waals surface area contributed by atoms with Crippen molar-refractivity contribution in [3.05, 3.63) is 59.2 Å². The van der Waals surface area contributed by atoms with Gasteiger partial charge in [-0.2, -0.15) is 0 Å². The van der Waals surface area contributed by atoms with Crippen LogP contribution in [0.15, 0.2) is 47.4 Å². The van der Waals surface area contributed by atoms with Gasteiger partial charge < -0.3 is 11.1 Å². The first kappa shape index (κ1) is 19.9. The summed E-state index contributed by atoms with van der Waals surface area (Å²) >= 11 is 0. The maximum Gasteiger partial charge on any atom is 0.261 e. The molecular formula is C19H25N3O3S. The van der Waals surface area contributed by atoms with Crippen LogP contribution in [0.4, 0.5) is 5.69 Å². The lowest BCUT2D eigenvalue weighted by atomic mass is 10.1. The van der Waals surface area contributed by atoms with Gasteiger partial charge in [-0.15, -0.1) is 0 Å².